The van der Waals surface area contributed by atoms with Gasteiger partial charge < -0.3 is 5.11 Å². The number of hydrogen-bond donors (Lipinski definition) is 1. The van der Waals surface area contributed by atoms with Gasteiger partial charge in [0.05, 0.1) is 5.69 Å². The number of anilines is 1. The van der Waals surface area contributed by atoms with E-state index in [1.54, 1.807) is 0 Å². The molecule has 0 aromatic heterocycles. The molecule has 0 radical (unpaired) electrons. The van der Waals surface area contributed by atoms with Crippen LogP contribution in [0.2, 0.25) is 0 Å². The third-order valence-corrected chi connectivity index (χ3v) is 2.89. The maximum atomic E-state index is 11.4. The van der Waals surface area contributed by atoms with E-state index in [-0.39, 0.29) is 0 Å². The molecule has 1 N–H and O–H groups in total. The Morgan fingerprint density at radius 3 is 2.12 bits per heavy atom. The fraction of sp³-hybridized carbons (Fsp3) is 0.500. The van der Waals surface area contributed by atoms with Crippen molar-refractivity contribution in [1.29, 1.82) is 0 Å². The SMILES string of the molecule is Cc1cc(C)c(C)c(N(C(=O)O)C(C)(C)C)c1. The molecule has 0 fully saturated rings. The third-order valence-electron chi connectivity index (χ3n) is 2.89. The molecule has 1 amide bonds. The standard InChI is InChI=1S/C14H21NO2/c1-9-7-10(2)11(3)12(8-9)15(13(16)17)14(4,5)6/h7-8H,1-6H3,(H,16,17). The normalized spacial score (nSPS) is 11.4. The maximum absolute atomic E-state index is 11.4. The van der Waals surface area contributed by atoms with Crippen LogP contribution in [0.5, 0.6) is 0 Å². The quantitative estimate of drug-likeness (QED) is 0.802. The van der Waals surface area contributed by atoms with Gasteiger partial charge in [-0.25, -0.2) is 4.79 Å². The first kappa shape index (κ1) is 13.6. The molecular formula is C14H21NO2. The molecule has 0 bridgehead atoms. The zero-order valence-corrected chi connectivity index (χ0v) is 11.5. The summed E-state index contributed by atoms with van der Waals surface area (Å²) >= 11 is 0. The van der Waals surface area contributed by atoms with Crippen molar-refractivity contribution in [3.8, 4) is 0 Å². The van der Waals surface area contributed by atoms with E-state index in [0.717, 1.165) is 22.4 Å². The predicted molar refractivity (Wildman–Crippen MR) is 70.9 cm³/mol. The summed E-state index contributed by atoms with van der Waals surface area (Å²) < 4.78 is 0. The lowest BCUT2D eigenvalue weighted by Crippen LogP contribution is -2.45. The van der Waals surface area contributed by atoms with Gasteiger partial charge in [-0.05, 0) is 64.3 Å². The van der Waals surface area contributed by atoms with Crippen molar-refractivity contribution in [2.45, 2.75) is 47.1 Å². The lowest BCUT2D eigenvalue weighted by Gasteiger charge is -2.34. The van der Waals surface area contributed by atoms with E-state index in [0.29, 0.717) is 0 Å². The molecule has 0 aliphatic heterocycles. The molecule has 1 aromatic carbocycles. The van der Waals surface area contributed by atoms with E-state index < -0.39 is 11.6 Å². The van der Waals surface area contributed by atoms with E-state index in [1.165, 1.54) is 4.90 Å². The first-order chi connectivity index (χ1) is 7.64. The topological polar surface area (TPSA) is 40.5 Å². The summed E-state index contributed by atoms with van der Waals surface area (Å²) in [5.74, 6) is 0. The van der Waals surface area contributed by atoms with Crippen LogP contribution in [0.15, 0.2) is 12.1 Å². The molecule has 0 aliphatic carbocycles. The summed E-state index contributed by atoms with van der Waals surface area (Å²) in [5.41, 5.74) is 3.56. The molecule has 1 aromatic rings. The van der Waals surface area contributed by atoms with Gasteiger partial charge in [0.15, 0.2) is 0 Å². The highest BCUT2D eigenvalue weighted by Crippen LogP contribution is 2.30. The highest BCUT2D eigenvalue weighted by atomic mass is 16.4. The molecule has 17 heavy (non-hydrogen) atoms. The van der Waals surface area contributed by atoms with Crippen LogP contribution in [0.25, 0.3) is 0 Å². The van der Waals surface area contributed by atoms with Crippen LogP contribution < -0.4 is 4.90 Å². The van der Waals surface area contributed by atoms with Gasteiger partial charge in [-0.2, -0.15) is 0 Å². The molecule has 94 valence electrons. The van der Waals surface area contributed by atoms with Gasteiger partial charge in [-0.15, -0.1) is 0 Å². The molecule has 0 saturated heterocycles. The second-order valence-electron chi connectivity index (χ2n) is 5.51. The number of aryl methyl sites for hydroxylation is 2. The van der Waals surface area contributed by atoms with E-state index in [4.69, 9.17) is 0 Å². The minimum atomic E-state index is -0.911. The minimum Gasteiger partial charge on any atom is -0.465 e. The molecule has 0 spiro atoms. The minimum absolute atomic E-state index is 0.448. The van der Waals surface area contributed by atoms with E-state index in [9.17, 15) is 9.90 Å². The van der Waals surface area contributed by atoms with Crippen LogP contribution in [0.4, 0.5) is 10.5 Å². The van der Waals surface area contributed by atoms with Crippen molar-refractivity contribution < 1.29 is 9.90 Å². The second kappa shape index (κ2) is 4.40. The molecule has 0 heterocycles. The number of carbonyl (C=O) groups is 1. The van der Waals surface area contributed by atoms with Gasteiger partial charge in [-0.1, -0.05) is 6.07 Å². The summed E-state index contributed by atoms with van der Waals surface area (Å²) in [5, 5.41) is 9.39. The van der Waals surface area contributed by atoms with Crippen LogP contribution in [-0.4, -0.2) is 16.7 Å². The average Bonchev–Trinajstić information content (AvgIpc) is 2.10. The Labute approximate surface area is 103 Å². The summed E-state index contributed by atoms with van der Waals surface area (Å²) in [6.07, 6.45) is -0.911. The number of amides is 1. The summed E-state index contributed by atoms with van der Waals surface area (Å²) in [4.78, 5) is 12.9. The highest BCUT2D eigenvalue weighted by Gasteiger charge is 2.29. The van der Waals surface area contributed by atoms with Crippen molar-refractivity contribution in [3.63, 3.8) is 0 Å². The number of benzene rings is 1. The van der Waals surface area contributed by atoms with Gasteiger partial charge in [0.1, 0.15) is 0 Å². The number of carboxylic acid groups (broad SMARTS) is 1. The molecule has 3 nitrogen and oxygen atoms in total. The number of nitrogens with zero attached hydrogens (tertiary/aromatic N) is 1. The van der Waals surface area contributed by atoms with Gasteiger partial charge in [-0.3, -0.25) is 4.90 Å². The van der Waals surface area contributed by atoms with Crippen LogP contribution in [0, 0.1) is 20.8 Å². The Kier molecular flexibility index (Phi) is 3.51. The molecule has 0 atom stereocenters. The predicted octanol–water partition coefficient (Wildman–Crippen LogP) is 3.89. The van der Waals surface area contributed by atoms with Gasteiger partial charge in [0, 0.05) is 5.54 Å². The largest absolute Gasteiger partial charge is 0.465 e. The van der Waals surface area contributed by atoms with Crippen molar-refractivity contribution in [3.05, 3.63) is 28.8 Å². The molecule has 0 unspecified atom stereocenters. The zero-order valence-electron chi connectivity index (χ0n) is 11.5. The van der Waals surface area contributed by atoms with E-state index in [1.807, 2.05) is 47.6 Å². The van der Waals surface area contributed by atoms with Crippen LogP contribution in [-0.2, 0) is 0 Å². The lowest BCUT2D eigenvalue weighted by molar-refractivity contribution is 0.195. The van der Waals surface area contributed by atoms with Crippen LogP contribution in [0.1, 0.15) is 37.5 Å². The van der Waals surface area contributed by atoms with E-state index >= 15 is 0 Å². The van der Waals surface area contributed by atoms with Gasteiger partial charge in [0.2, 0.25) is 0 Å². The summed E-state index contributed by atoms with van der Waals surface area (Å²) in [6, 6.07) is 4.00. The number of rotatable bonds is 1. The van der Waals surface area contributed by atoms with Crippen molar-refractivity contribution in [1.82, 2.24) is 0 Å². The first-order valence-electron chi connectivity index (χ1n) is 5.75. The Morgan fingerprint density at radius 2 is 1.71 bits per heavy atom. The Balaban J connectivity index is 3.44. The average molecular weight is 235 g/mol. The molecular weight excluding hydrogens is 214 g/mol. The first-order valence-corrected chi connectivity index (χ1v) is 5.75. The second-order valence-corrected chi connectivity index (χ2v) is 5.51. The summed E-state index contributed by atoms with van der Waals surface area (Å²) in [7, 11) is 0. The third kappa shape index (κ3) is 2.78. The number of hydrogen-bond acceptors (Lipinski definition) is 1. The molecule has 0 aliphatic rings. The van der Waals surface area contributed by atoms with Gasteiger partial charge >= 0.3 is 6.09 Å². The highest BCUT2D eigenvalue weighted by molar-refractivity contribution is 5.89. The summed E-state index contributed by atoms with van der Waals surface area (Å²) in [6.45, 7) is 11.7. The van der Waals surface area contributed by atoms with Crippen molar-refractivity contribution in [2.24, 2.45) is 0 Å². The smallest absolute Gasteiger partial charge is 0.412 e. The maximum Gasteiger partial charge on any atom is 0.412 e. The lowest BCUT2D eigenvalue weighted by atomic mass is 9.99. The fourth-order valence-corrected chi connectivity index (χ4v) is 2.00. The van der Waals surface area contributed by atoms with Crippen molar-refractivity contribution in [2.75, 3.05) is 4.90 Å². The van der Waals surface area contributed by atoms with Gasteiger partial charge in [0.25, 0.3) is 0 Å². The molecule has 0 saturated carbocycles. The monoisotopic (exact) mass is 235 g/mol. The molecule has 1 rings (SSSR count). The Morgan fingerprint density at radius 1 is 1.18 bits per heavy atom. The fourth-order valence-electron chi connectivity index (χ4n) is 2.00. The Hall–Kier alpha value is -1.51. The van der Waals surface area contributed by atoms with Crippen molar-refractivity contribution >= 4 is 11.8 Å². The Bertz CT molecular complexity index is 444. The van der Waals surface area contributed by atoms with Crippen LogP contribution >= 0.6 is 0 Å². The van der Waals surface area contributed by atoms with Crippen LogP contribution in [0.3, 0.4) is 0 Å². The zero-order chi connectivity index (χ0) is 13.4. The van der Waals surface area contributed by atoms with E-state index in [2.05, 4.69) is 6.07 Å². The molecule has 3 heteroatoms.